The van der Waals surface area contributed by atoms with E-state index in [-0.39, 0.29) is 21.0 Å². The molecule has 2 N–H and O–H groups in total. The van der Waals surface area contributed by atoms with Crippen LogP contribution in [0, 0.1) is 10.1 Å². The van der Waals surface area contributed by atoms with Gasteiger partial charge in [-0.3, -0.25) is 10.1 Å². The summed E-state index contributed by atoms with van der Waals surface area (Å²) in [4.78, 5) is 26.3. The molecule has 0 unspecified atom stereocenters. The average molecular weight is 434 g/mol. The number of anilines is 1. The Bertz CT molecular complexity index is 976. The quantitative estimate of drug-likeness (QED) is 0.468. The van der Waals surface area contributed by atoms with E-state index in [0.29, 0.717) is 10.2 Å². The van der Waals surface area contributed by atoms with Crippen LogP contribution in [0.15, 0.2) is 22.7 Å². The number of aromatic amines is 1. The normalized spacial score (nSPS) is 11.0. The highest BCUT2D eigenvalue weighted by atomic mass is 79.9. The summed E-state index contributed by atoms with van der Waals surface area (Å²) in [6.07, 6.45) is 0. The Hall–Kier alpha value is -2.67. The lowest BCUT2D eigenvalue weighted by Crippen LogP contribution is -2.12. The molecule has 25 heavy (non-hydrogen) atoms. The number of thiazole rings is 1. The van der Waals surface area contributed by atoms with Crippen molar-refractivity contribution < 1.29 is 23.2 Å². The summed E-state index contributed by atoms with van der Waals surface area (Å²) in [5.74, 6) is -1.21. The Balaban J connectivity index is 1.83. The van der Waals surface area contributed by atoms with Gasteiger partial charge in [-0.1, -0.05) is 16.4 Å². The lowest BCUT2D eigenvalue weighted by atomic mass is 10.3. The predicted molar refractivity (Wildman–Crippen MR) is 87.1 cm³/mol. The molecule has 0 aliphatic rings. The van der Waals surface area contributed by atoms with Gasteiger partial charge in [0.05, 0.1) is 10.2 Å². The molecular formula is C12H6BrF2N5O4S. The van der Waals surface area contributed by atoms with Crippen LogP contribution < -0.4 is 10.1 Å². The molecular weight excluding hydrogens is 428 g/mol. The number of aromatic nitrogens is 3. The van der Waals surface area contributed by atoms with Crippen molar-refractivity contribution in [3.05, 3.63) is 38.5 Å². The summed E-state index contributed by atoms with van der Waals surface area (Å²) in [7, 11) is 0. The number of fused-ring (bicyclic) bond motifs is 1. The molecule has 0 aliphatic heterocycles. The number of alkyl halides is 2. The largest absolute Gasteiger partial charge is 0.435 e. The van der Waals surface area contributed by atoms with Gasteiger partial charge in [0, 0.05) is 0 Å². The van der Waals surface area contributed by atoms with Crippen LogP contribution in [0.25, 0.3) is 10.2 Å². The Morgan fingerprint density at radius 2 is 2.24 bits per heavy atom. The van der Waals surface area contributed by atoms with Crippen molar-refractivity contribution in [2.75, 3.05) is 5.32 Å². The highest BCUT2D eigenvalue weighted by Gasteiger charge is 2.25. The minimum atomic E-state index is -2.95. The number of hydrogen-bond acceptors (Lipinski definition) is 7. The predicted octanol–water partition coefficient (Wildman–Crippen LogP) is 3.54. The first-order valence-corrected chi connectivity index (χ1v) is 8.01. The second kappa shape index (κ2) is 6.68. The first-order valence-electron chi connectivity index (χ1n) is 6.40. The number of nitrogens with one attached hydrogen (secondary N) is 2. The number of hydrogen-bond donors (Lipinski definition) is 2. The Labute approximate surface area is 149 Å². The molecule has 1 aromatic carbocycles. The molecule has 0 saturated carbocycles. The van der Waals surface area contributed by atoms with Gasteiger partial charge >= 0.3 is 12.4 Å². The lowest BCUT2D eigenvalue weighted by molar-refractivity contribution is -0.390. The maximum atomic E-state index is 12.2. The number of amides is 1. The monoisotopic (exact) mass is 433 g/mol. The van der Waals surface area contributed by atoms with E-state index in [2.05, 4.69) is 41.2 Å². The fraction of sp³-hybridized carbons (Fsp3) is 0.0833. The van der Waals surface area contributed by atoms with Crippen molar-refractivity contribution in [1.82, 2.24) is 15.2 Å². The molecule has 2 aromatic heterocycles. The first-order chi connectivity index (χ1) is 11.8. The molecule has 0 aliphatic carbocycles. The third-order valence-electron chi connectivity index (χ3n) is 2.89. The van der Waals surface area contributed by atoms with E-state index in [4.69, 9.17) is 0 Å². The van der Waals surface area contributed by atoms with Gasteiger partial charge in [-0.25, -0.2) is 4.98 Å². The molecule has 0 saturated heterocycles. The Morgan fingerprint density at radius 1 is 1.48 bits per heavy atom. The molecule has 0 atom stereocenters. The number of nitrogens with zero attached hydrogens (tertiary/aromatic N) is 3. The van der Waals surface area contributed by atoms with Crippen LogP contribution in [0.5, 0.6) is 5.75 Å². The maximum Gasteiger partial charge on any atom is 0.387 e. The Kier molecular flexibility index (Phi) is 4.59. The van der Waals surface area contributed by atoms with Crippen LogP contribution in [-0.2, 0) is 0 Å². The summed E-state index contributed by atoms with van der Waals surface area (Å²) in [5.41, 5.74) is 0.252. The number of nitro groups is 1. The van der Waals surface area contributed by atoms with Crippen LogP contribution in [0.1, 0.15) is 10.5 Å². The summed E-state index contributed by atoms with van der Waals surface area (Å²) in [5, 5.41) is 19.1. The van der Waals surface area contributed by atoms with Crippen LogP contribution >= 0.6 is 27.3 Å². The zero-order valence-corrected chi connectivity index (χ0v) is 14.2. The second-order valence-electron chi connectivity index (χ2n) is 4.47. The summed E-state index contributed by atoms with van der Waals surface area (Å²) < 4.78 is 29.2. The van der Waals surface area contributed by atoms with Crippen LogP contribution in [-0.4, -0.2) is 32.6 Å². The van der Waals surface area contributed by atoms with E-state index in [1.807, 2.05) is 0 Å². The zero-order chi connectivity index (χ0) is 18.1. The maximum absolute atomic E-state index is 12.2. The summed E-state index contributed by atoms with van der Waals surface area (Å²) >= 11 is 3.96. The Morgan fingerprint density at radius 3 is 2.88 bits per heavy atom. The third-order valence-corrected chi connectivity index (χ3v) is 4.58. The van der Waals surface area contributed by atoms with Crippen molar-refractivity contribution in [2.45, 2.75) is 6.61 Å². The number of benzene rings is 1. The smallest absolute Gasteiger partial charge is 0.387 e. The van der Waals surface area contributed by atoms with Gasteiger partial charge in [-0.05, 0) is 39.1 Å². The minimum Gasteiger partial charge on any atom is -0.435 e. The average Bonchev–Trinajstić information content (AvgIpc) is 3.08. The second-order valence-corrected chi connectivity index (χ2v) is 6.30. The van der Waals surface area contributed by atoms with Gasteiger partial charge < -0.3 is 14.9 Å². The lowest BCUT2D eigenvalue weighted by Gasteiger charge is -2.02. The van der Waals surface area contributed by atoms with E-state index in [1.54, 1.807) is 0 Å². The van der Waals surface area contributed by atoms with E-state index >= 15 is 0 Å². The SMILES string of the molecule is O=C(Nc1nc2ccc(OC(F)F)cc2s1)c1n[nH]c([N+](=O)[O-])c1Br. The van der Waals surface area contributed by atoms with Crippen molar-refractivity contribution in [1.29, 1.82) is 0 Å². The summed E-state index contributed by atoms with van der Waals surface area (Å²) in [6.45, 7) is -2.95. The first kappa shape index (κ1) is 17.2. The molecule has 13 heteroatoms. The van der Waals surface area contributed by atoms with Gasteiger partial charge in [0.2, 0.25) is 0 Å². The molecule has 9 nitrogen and oxygen atoms in total. The summed E-state index contributed by atoms with van der Waals surface area (Å²) in [6, 6.07) is 4.16. The highest BCUT2D eigenvalue weighted by molar-refractivity contribution is 9.10. The number of halogens is 3. The van der Waals surface area contributed by atoms with Crippen LogP contribution in [0.2, 0.25) is 0 Å². The molecule has 3 aromatic rings. The van der Waals surface area contributed by atoms with Gasteiger partial charge in [-0.15, -0.1) is 5.10 Å². The minimum absolute atomic E-state index is 0.0327. The molecule has 0 spiro atoms. The van der Waals surface area contributed by atoms with E-state index in [9.17, 15) is 23.7 Å². The fourth-order valence-corrected chi connectivity index (χ4v) is 3.27. The van der Waals surface area contributed by atoms with Crippen LogP contribution in [0.4, 0.5) is 19.7 Å². The van der Waals surface area contributed by atoms with E-state index in [1.165, 1.54) is 18.2 Å². The molecule has 0 radical (unpaired) electrons. The molecule has 3 rings (SSSR count). The molecule has 2 heterocycles. The molecule has 0 bridgehead atoms. The van der Waals surface area contributed by atoms with Gasteiger partial charge in [0.25, 0.3) is 5.91 Å². The molecule has 1 amide bonds. The molecule has 0 fully saturated rings. The topological polar surface area (TPSA) is 123 Å². The third kappa shape index (κ3) is 3.56. The van der Waals surface area contributed by atoms with Crippen molar-refractivity contribution in [3.8, 4) is 5.75 Å². The van der Waals surface area contributed by atoms with E-state index in [0.717, 1.165) is 11.3 Å². The fourth-order valence-electron chi connectivity index (χ4n) is 1.88. The highest BCUT2D eigenvalue weighted by Crippen LogP contribution is 2.31. The zero-order valence-electron chi connectivity index (χ0n) is 11.8. The number of H-pyrrole nitrogens is 1. The molecule has 130 valence electrons. The number of carbonyl (C=O) groups excluding carboxylic acids is 1. The van der Waals surface area contributed by atoms with Crippen molar-refractivity contribution in [2.24, 2.45) is 0 Å². The number of rotatable bonds is 5. The number of ether oxygens (including phenoxy) is 1. The van der Waals surface area contributed by atoms with Crippen LogP contribution in [0.3, 0.4) is 0 Å². The van der Waals surface area contributed by atoms with Crippen molar-refractivity contribution in [3.63, 3.8) is 0 Å². The van der Waals surface area contributed by atoms with Crippen molar-refractivity contribution >= 4 is 54.3 Å². The van der Waals surface area contributed by atoms with Gasteiger partial charge in [0.15, 0.2) is 10.8 Å². The van der Waals surface area contributed by atoms with Gasteiger partial charge in [0.1, 0.15) is 10.2 Å². The number of carbonyl (C=O) groups is 1. The van der Waals surface area contributed by atoms with E-state index < -0.39 is 23.3 Å². The standard InChI is InChI=1S/C12H6BrF2N5O4S/c13-7-8(18-19-9(7)20(22)23)10(21)17-12-16-5-2-1-4(24-11(14)15)3-6(5)25-12/h1-3,11H,(H,18,19)(H,16,17,21). The van der Waals surface area contributed by atoms with Gasteiger partial charge in [-0.2, -0.15) is 8.78 Å².